The highest BCUT2D eigenvalue weighted by Crippen LogP contribution is 2.30. The zero-order valence-electron chi connectivity index (χ0n) is 8.16. The van der Waals surface area contributed by atoms with Gasteiger partial charge in [-0.25, -0.2) is 4.98 Å². The van der Waals surface area contributed by atoms with Crippen LogP contribution in [0.15, 0.2) is 18.2 Å². The van der Waals surface area contributed by atoms with Crippen molar-refractivity contribution in [3.05, 3.63) is 23.4 Å². The Morgan fingerprint density at radius 3 is 2.80 bits per heavy atom. The molecule has 0 atom stereocenters. The van der Waals surface area contributed by atoms with Crippen LogP contribution in [-0.2, 0) is 4.79 Å². The fourth-order valence-corrected chi connectivity index (χ4v) is 1.67. The van der Waals surface area contributed by atoms with Crippen LogP contribution in [0.25, 0.3) is 0 Å². The van der Waals surface area contributed by atoms with Crippen LogP contribution in [0.3, 0.4) is 0 Å². The molecule has 3 N–H and O–H groups in total. The molecule has 1 aromatic rings. The molecule has 1 aromatic heterocycles. The van der Waals surface area contributed by atoms with Crippen LogP contribution < -0.4 is 11.1 Å². The molecule has 0 unspecified atom stereocenters. The Kier molecular flexibility index (Phi) is 2.63. The summed E-state index contributed by atoms with van der Waals surface area (Å²) in [6.45, 7) is 0. The second-order valence-corrected chi connectivity index (χ2v) is 4.20. The summed E-state index contributed by atoms with van der Waals surface area (Å²) in [5.74, 6) is 0.271. The Hall–Kier alpha value is -1.13. The van der Waals surface area contributed by atoms with Gasteiger partial charge in [-0.15, -0.1) is 0 Å². The topological polar surface area (TPSA) is 68.0 Å². The number of nitrogens with two attached hydrogens (primary N) is 1. The van der Waals surface area contributed by atoms with Gasteiger partial charge in [0.15, 0.2) is 0 Å². The second-order valence-electron chi connectivity index (χ2n) is 3.81. The van der Waals surface area contributed by atoms with Crippen LogP contribution in [0.2, 0.25) is 5.15 Å². The first-order valence-corrected chi connectivity index (χ1v) is 5.21. The average Bonchev–Trinajstić information content (AvgIpc) is 2.14. The largest absolute Gasteiger partial charge is 0.317 e. The monoisotopic (exact) mass is 225 g/mol. The molecule has 1 aliphatic rings. The van der Waals surface area contributed by atoms with Gasteiger partial charge in [-0.3, -0.25) is 4.79 Å². The molecule has 4 nitrogen and oxygen atoms in total. The molecule has 0 aliphatic heterocycles. The zero-order chi connectivity index (χ0) is 10.9. The summed E-state index contributed by atoms with van der Waals surface area (Å²) in [6, 6.07) is 5.07. The molecule has 5 heteroatoms. The molecular weight excluding hydrogens is 214 g/mol. The number of rotatable bonds is 2. The van der Waals surface area contributed by atoms with E-state index in [9.17, 15) is 4.79 Å². The van der Waals surface area contributed by atoms with Crippen LogP contribution in [0, 0.1) is 0 Å². The van der Waals surface area contributed by atoms with Crippen molar-refractivity contribution in [2.45, 2.75) is 24.8 Å². The minimum atomic E-state index is -0.704. The van der Waals surface area contributed by atoms with Crippen molar-refractivity contribution in [1.82, 2.24) is 4.98 Å². The Bertz CT molecular complexity index is 390. The number of amides is 1. The molecular formula is C10H12ClN3O. The number of anilines is 1. The predicted molar refractivity (Wildman–Crippen MR) is 58.6 cm³/mol. The van der Waals surface area contributed by atoms with Crippen molar-refractivity contribution in [2.24, 2.45) is 5.73 Å². The van der Waals surface area contributed by atoms with Crippen molar-refractivity contribution < 1.29 is 4.79 Å². The number of aromatic nitrogens is 1. The van der Waals surface area contributed by atoms with Gasteiger partial charge in [0.1, 0.15) is 11.0 Å². The Morgan fingerprint density at radius 1 is 1.53 bits per heavy atom. The lowest BCUT2D eigenvalue weighted by atomic mass is 9.77. The first kappa shape index (κ1) is 10.4. The lowest BCUT2D eigenvalue weighted by Crippen LogP contribution is -2.56. The maximum Gasteiger partial charge on any atom is 0.245 e. The number of nitrogens with zero attached hydrogens (tertiary/aromatic N) is 1. The molecule has 1 aliphatic carbocycles. The van der Waals surface area contributed by atoms with E-state index in [1.807, 2.05) is 0 Å². The highest BCUT2D eigenvalue weighted by atomic mass is 35.5. The van der Waals surface area contributed by atoms with Gasteiger partial charge in [0.2, 0.25) is 5.91 Å². The molecule has 0 saturated heterocycles. The van der Waals surface area contributed by atoms with Gasteiger partial charge in [0.25, 0.3) is 0 Å². The molecule has 80 valence electrons. The number of nitrogens with one attached hydrogen (secondary N) is 1. The molecule has 1 saturated carbocycles. The van der Waals surface area contributed by atoms with E-state index in [1.54, 1.807) is 18.2 Å². The van der Waals surface area contributed by atoms with Gasteiger partial charge in [-0.2, -0.15) is 0 Å². The number of carbonyl (C=O) groups is 1. The Balaban J connectivity index is 2.06. The summed E-state index contributed by atoms with van der Waals surface area (Å²) in [7, 11) is 0. The third-order valence-corrected chi connectivity index (χ3v) is 2.87. The summed E-state index contributed by atoms with van der Waals surface area (Å²) < 4.78 is 0. The van der Waals surface area contributed by atoms with E-state index in [0.29, 0.717) is 11.0 Å². The lowest BCUT2D eigenvalue weighted by molar-refractivity contribution is -0.123. The molecule has 0 bridgehead atoms. The number of halogens is 1. The zero-order valence-corrected chi connectivity index (χ0v) is 8.92. The summed E-state index contributed by atoms with van der Waals surface area (Å²) in [5.41, 5.74) is 5.16. The number of hydrogen-bond donors (Lipinski definition) is 2. The van der Waals surface area contributed by atoms with E-state index in [1.165, 1.54) is 0 Å². The summed E-state index contributed by atoms with van der Waals surface area (Å²) in [5, 5.41) is 3.02. The minimum absolute atomic E-state index is 0.177. The standard InChI is InChI=1S/C10H12ClN3O/c11-7-3-1-4-8(13-7)14-9(15)10(12)5-2-6-10/h1,3-4H,2,5-6,12H2,(H,13,14,15). The van der Waals surface area contributed by atoms with Crippen LogP contribution in [0.4, 0.5) is 5.82 Å². The molecule has 1 fully saturated rings. The molecule has 1 amide bonds. The first-order chi connectivity index (χ1) is 7.10. The van der Waals surface area contributed by atoms with Gasteiger partial charge in [-0.1, -0.05) is 17.7 Å². The highest BCUT2D eigenvalue weighted by molar-refractivity contribution is 6.29. The number of hydrogen-bond acceptors (Lipinski definition) is 3. The van der Waals surface area contributed by atoms with Crippen molar-refractivity contribution in [2.75, 3.05) is 5.32 Å². The maximum absolute atomic E-state index is 11.7. The summed E-state index contributed by atoms with van der Waals surface area (Å²) in [6.07, 6.45) is 2.48. The van der Waals surface area contributed by atoms with Gasteiger partial charge in [0.05, 0.1) is 5.54 Å². The maximum atomic E-state index is 11.7. The molecule has 1 heterocycles. The van der Waals surface area contributed by atoms with E-state index >= 15 is 0 Å². The van der Waals surface area contributed by atoms with Gasteiger partial charge in [-0.05, 0) is 31.4 Å². The van der Waals surface area contributed by atoms with E-state index in [0.717, 1.165) is 19.3 Å². The summed E-state index contributed by atoms with van der Waals surface area (Å²) >= 11 is 5.70. The fraction of sp³-hybridized carbons (Fsp3) is 0.400. The van der Waals surface area contributed by atoms with Crippen LogP contribution in [0.5, 0.6) is 0 Å². The Morgan fingerprint density at radius 2 is 2.27 bits per heavy atom. The fourth-order valence-electron chi connectivity index (χ4n) is 1.50. The Labute approximate surface area is 92.8 Å². The second kappa shape index (κ2) is 3.79. The van der Waals surface area contributed by atoms with Crippen LogP contribution >= 0.6 is 11.6 Å². The third kappa shape index (κ3) is 2.11. The van der Waals surface area contributed by atoms with Crippen molar-refractivity contribution >= 4 is 23.3 Å². The molecule has 15 heavy (non-hydrogen) atoms. The summed E-state index contributed by atoms with van der Waals surface area (Å²) in [4.78, 5) is 15.7. The van der Waals surface area contributed by atoms with E-state index in [4.69, 9.17) is 17.3 Å². The van der Waals surface area contributed by atoms with Gasteiger partial charge >= 0.3 is 0 Å². The minimum Gasteiger partial charge on any atom is -0.317 e. The van der Waals surface area contributed by atoms with E-state index in [-0.39, 0.29) is 5.91 Å². The van der Waals surface area contributed by atoms with Crippen molar-refractivity contribution in [1.29, 1.82) is 0 Å². The van der Waals surface area contributed by atoms with Crippen molar-refractivity contribution in [3.63, 3.8) is 0 Å². The smallest absolute Gasteiger partial charge is 0.245 e. The van der Waals surface area contributed by atoms with E-state index in [2.05, 4.69) is 10.3 Å². The van der Waals surface area contributed by atoms with E-state index < -0.39 is 5.54 Å². The molecule has 0 spiro atoms. The van der Waals surface area contributed by atoms with Crippen LogP contribution in [0.1, 0.15) is 19.3 Å². The third-order valence-electron chi connectivity index (χ3n) is 2.65. The first-order valence-electron chi connectivity index (χ1n) is 4.83. The van der Waals surface area contributed by atoms with Crippen LogP contribution in [-0.4, -0.2) is 16.4 Å². The normalized spacial score (nSPS) is 18.0. The quantitative estimate of drug-likeness (QED) is 0.751. The lowest BCUT2D eigenvalue weighted by Gasteiger charge is -2.35. The van der Waals surface area contributed by atoms with Gasteiger partial charge < -0.3 is 11.1 Å². The van der Waals surface area contributed by atoms with Crippen molar-refractivity contribution in [3.8, 4) is 0 Å². The van der Waals surface area contributed by atoms with Gasteiger partial charge in [0, 0.05) is 0 Å². The highest BCUT2D eigenvalue weighted by Gasteiger charge is 2.40. The molecule has 0 aromatic carbocycles. The number of carbonyl (C=O) groups excluding carboxylic acids is 1. The number of pyridine rings is 1. The molecule has 0 radical (unpaired) electrons. The SMILES string of the molecule is NC1(C(=O)Nc2cccc(Cl)n2)CCC1. The molecule has 2 rings (SSSR count). The predicted octanol–water partition coefficient (Wildman–Crippen LogP) is 1.55. The average molecular weight is 226 g/mol.